The van der Waals surface area contributed by atoms with Crippen LogP contribution in [0.25, 0.3) is 27.8 Å². The monoisotopic (exact) mass is 486 g/mol. The molecule has 2 aromatic heterocycles. The van der Waals surface area contributed by atoms with E-state index in [0.29, 0.717) is 28.9 Å². The highest BCUT2D eigenvalue weighted by Crippen LogP contribution is 2.51. The third-order valence-corrected chi connectivity index (χ3v) is 6.87. The molecule has 7 heteroatoms. The highest BCUT2D eigenvalue weighted by molar-refractivity contribution is 5.91. The molecule has 0 aliphatic carbocycles. The molecule has 0 saturated carbocycles. The topological polar surface area (TPSA) is 70.8 Å². The molecule has 3 heterocycles. The molecule has 4 aromatic carbocycles. The van der Waals surface area contributed by atoms with Gasteiger partial charge in [0.05, 0.1) is 19.8 Å². The zero-order chi connectivity index (χ0) is 24.9. The number of benzene rings is 4. The number of nitrogens with zero attached hydrogens (tertiary/aromatic N) is 4. The van der Waals surface area contributed by atoms with E-state index in [4.69, 9.17) is 24.3 Å². The van der Waals surface area contributed by atoms with Gasteiger partial charge in [0.1, 0.15) is 12.1 Å². The minimum atomic E-state index is -0.228. The summed E-state index contributed by atoms with van der Waals surface area (Å²) < 4.78 is 19.3. The fraction of sp³-hybridized carbons (Fsp3) is 0.100. The van der Waals surface area contributed by atoms with Crippen LogP contribution >= 0.6 is 0 Å². The van der Waals surface area contributed by atoms with Crippen LogP contribution in [0.5, 0.6) is 23.1 Å². The van der Waals surface area contributed by atoms with E-state index in [1.54, 1.807) is 25.1 Å². The smallest absolute Gasteiger partial charge is 0.228 e. The van der Waals surface area contributed by atoms with Crippen LogP contribution in [0.1, 0.15) is 22.6 Å². The van der Waals surface area contributed by atoms with Gasteiger partial charge in [-0.3, -0.25) is 0 Å². The van der Waals surface area contributed by atoms with Gasteiger partial charge in [0.15, 0.2) is 23.0 Å². The number of aromatic nitrogens is 4. The molecule has 1 aliphatic heterocycles. The Bertz CT molecular complexity index is 1800. The Morgan fingerprint density at radius 1 is 0.811 bits per heavy atom. The van der Waals surface area contributed by atoms with Gasteiger partial charge >= 0.3 is 0 Å². The molecular formula is C30H22N4O3. The molecule has 7 rings (SSSR count). The summed E-state index contributed by atoms with van der Waals surface area (Å²) in [4.78, 5) is 9.64. The Hall–Kier alpha value is -4.91. The first-order valence-corrected chi connectivity index (χ1v) is 12.0. The number of methoxy groups -OCH3 is 2. The standard InChI is InChI=1S/C30H22N4O3/c1-35-22-14-13-20(16-24(22)36-2)25-26-21-11-7-6-8-18(21)12-15-23(26)37-30-27(25)29-32-28(33-34(29)17-31-30)19-9-4-3-5-10-19/h3-17,25H,1-2H3/t25-/m1/s1. The van der Waals surface area contributed by atoms with E-state index in [9.17, 15) is 0 Å². The number of rotatable bonds is 4. The van der Waals surface area contributed by atoms with Gasteiger partial charge in [-0.15, -0.1) is 5.10 Å². The molecule has 0 radical (unpaired) electrons. The maximum absolute atomic E-state index is 6.41. The molecular weight excluding hydrogens is 464 g/mol. The predicted octanol–water partition coefficient (Wildman–Crippen LogP) is 6.25. The average molecular weight is 487 g/mol. The quantitative estimate of drug-likeness (QED) is 0.293. The lowest BCUT2D eigenvalue weighted by atomic mass is 9.81. The highest BCUT2D eigenvalue weighted by atomic mass is 16.5. The van der Waals surface area contributed by atoms with E-state index in [2.05, 4.69) is 29.2 Å². The van der Waals surface area contributed by atoms with Gasteiger partial charge in [0.2, 0.25) is 5.88 Å². The molecule has 6 aromatic rings. The third-order valence-electron chi connectivity index (χ3n) is 6.87. The Kier molecular flexibility index (Phi) is 4.82. The molecule has 0 N–H and O–H groups in total. The van der Waals surface area contributed by atoms with Crippen LogP contribution in [0.15, 0.2) is 91.3 Å². The Morgan fingerprint density at radius 3 is 2.46 bits per heavy atom. The van der Waals surface area contributed by atoms with E-state index in [1.807, 2.05) is 60.7 Å². The summed E-state index contributed by atoms with van der Waals surface area (Å²) >= 11 is 0. The lowest BCUT2D eigenvalue weighted by Gasteiger charge is -2.29. The fourth-order valence-electron chi connectivity index (χ4n) is 5.18. The van der Waals surface area contributed by atoms with Gasteiger partial charge in [-0.05, 0) is 34.5 Å². The first-order chi connectivity index (χ1) is 18.2. The Morgan fingerprint density at radius 2 is 1.62 bits per heavy atom. The molecule has 0 fully saturated rings. The first kappa shape index (κ1) is 21.4. The second-order valence-electron chi connectivity index (χ2n) is 8.88. The van der Waals surface area contributed by atoms with Crippen molar-refractivity contribution in [2.45, 2.75) is 5.92 Å². The predicted molar refractivity (Wildman–Crippen MR) is 141 cm³/mol. The van der Waals surface area contributed by atoms with E-state index < -0.39 is 0 Å². The van der Waals surface area contributed by atoms with Gasteiger partial charge in [-0.25, -0.2) is 14.5 Å². The summed E-state index contributed by atoms with van der Waals surface area (Å²) in [6.07, 6.45) is 1.66. The molecule has 0 unspecified atom stereocenters. The van der Waals surface area contributed by atoms with Crippen molar-refractivity contribution in [3.8, 4) is 34.5 Å². The molecule has 1 aliphatic rings. The van der Waals surface area contributed by atoms with Crippen molar-refractivity contribution in [1.82, 2.24) is 19.6 Å². The van der Waals surface area contributed by atoms with Crippen LogP contribution < -0.4 is 14.2 Å². The van der Waals surface area contributed by atoms with Crippen LogP contribution in [0.4, 0.5) is 0 Å². The van der Waals surface area contributed by atoms with E-state index >= 15 is 0 Å². The maximum Gasteiger partial charge on any atom is 0.228 e. The summed E-state index contributed by atoms with van der Waals surface area (Å²) in [5.74, 6) is 3.01. The molecule has 180 valence electrons. The second kappa shape index (κ2) is 8.34. The Labute approximate surface area is 212 Å². The lowest BCUT2D eigenvalue weighted by molar-refractivity contribution is 0.354. The molecule has 0 bridgehead atoms. The molecule has 0 amide bonds. The Balaban J connectivity index is 1.54. The van der Waals surface area contributed by atoms with Crippen molar-refractivity contribution in [3.05, 3.63) is 108 Å². The van der Waals surface area contributed by atoms with Gasteiger partial charge < -0.3 is 14.2 Å². The van der Waals surface area contributed by atoms with E-state index in [1.165, 1.54) is 0 Å². The van der Waals surface area contributed by atoms with Crippen LogP contribution in [-0.4, -0.2) is 33.8 Å². The van der Waals surface area contributed by atoms with E-state index in [0.717, 1.165) is 38.8 Å². The first-order valence-electron chi connectivity index (χ1n) is 12.0. The molecule has 0 saturated heterocycles. The number of hydrogen-bond donors (Lipinski definition) is 0. The van der Waals surface area contributed by atoms with Crippen molar-refractivity contribution in [1.29, 1.82) is 0 Å². The van der Waals surface area contributed by atoms with Gasteiger partial charge in [-0.1, -0.05) is 66.7 Å². The van der Waals surface area contributed by atoms with Gasteiger partial charge in [-0.2, -0.15) is 0 Å². The second-order valence-corrected chi connectivity index (χ2v) is 8.88. The SMILES string of the molecule is COc1ccc([C@@H]2c3c(ccc4ccccc34)Oc3ncn4nc(-c5ccccc5)nc4c32)cc1OC. The van der Waals surface area contributed by atoms with Crippen LogP contribution in [0, 0.1) is 0 Å². The molecule has 1 atom stereocenters. The maximum atomic E-state index is 6.41. The van der Waals surface area contributed by atoms with Crippen molar-refractivity contribution in [2.75, 3.05) is 14.2 Å². The molecule has 37 heavy (non-hydrogen) atoms. The summed E-state index contributed by atoms with van der Waals surface area (Å²) in [5, 5.41) is 6.98. The normalized spacial score (nSPS) is 14.2. The minimum absolute atomic E-state index is 0.228. The zero-order valence-electron chi connectivity index (χ0n) is 20.3. The highest BCUT2D eigenvalue weighted by Gasteiger charge is 2.35. The van der Waals surface area contributed by atoms with Crippen LogP contribution in [-0.2, 0) is 0 Å². The van der Waals surface area contributed by atoms with Crippen LogP contribution in [0.2, 0.25) is 0 Å². The van der Waals surface area contributed by atoms with Crippen molar-refractivity contribution in [3.63, 3.8) is 0 Å². The zero-order valence-corrected chi connectivity index (χ0v) is 20.3. The summed E-state index contributed by atoms with van der Waals surface area (Å²) in [6, 6.07) is 28.4. The van der Waals surface area contributed by atoms with Gasteiger partial charge in [0, 0.05) is 17.0 Å². The van der Waals surface area contributed by atoms with Gasteiger partial charge in [0.25, 0.3) is 0 Å². The number of ether oxygens (including phenoxy) is 3. The third kappa shape index (κ3) is 3.31. The van der Waals surface area contributed by atoms with Crippen molar-refractivity contribution < 1.29 is 14.2 Å². The number of hydrogen-bond acceptors (Lipinski definition) is 6. The molecule has 7 nitrogen and oxygen atoms in total. The van der Waals surface area contributed by atoms with Crippen molar-refractivity contribution in [2.24, 2.45) is 0 Å². The number of fused-ring (bicyclic) bond motifs is 6. The lowest BCUT2D eigenvalue weighted by Crippen LogP contribution is -2.15. The largest absolute Gasteiger partial charge is 0.493 e. The summed E-state index contributed by atoms with van der Waals surface area (Å²) in [7, 11) is 3.28. The van der Waals surface area contributed by atoms with Crippen molar-refractivity contribution >= 4 is 16.4 Å². The van der Waals surface area contributed by atoms with E-state index in [-0.39, 0.29) is 5.92 Å². The van der Waals surface area contributed by atoms with Crippen LogP contribution in [0.3, 0.4) is 0 Å². The molecule has 0 spiro atoms. The minimum Gasteiger partial charge on any atom is -0.493 e. The fourth-order valence-corrected chi connectivity index (χ4v) is 5.18. The average Bonchev–Trinajstić information content (AvgIpc) is 3.41. The summed E-state index contributed by atoms with van der Waals surface area (Å²) in [5.41, 5.74) is 4.55. The summed E-state index contributed by atoms with van der Waals surface area (Å²) in [6.45, 7) is 0.